The number of carbonyl (C=O) groups excluding carboxylic acids is 2. The summed E-state index contributed by atoms with van der Waals surface area (Å²) >= 11 is 2.77. The van der Waals surface area contributed by atoms with Crippen molar-refractivity contribution in [2.45, 2.75) is 18.0 Å². The topological polar surface area (TPSA) is 108 Å². The third-order valence-corrected chi connectivity index (χ3v) is 6.54. The van der Waals surface area contributed by atoms with E-state index in [1.807, 2.05) is 18.2 Å². The Labute approximate surface area is 175 Å². The number of carbonyl (C=O) groups is 2. The lowest BCUT2D eigenvalue weighted by Gasteiger charge is -2.48. The highest BCUT2D eigenvalue weighted by Crippen LogP contribution is 2.40. The molecule has 0 spiro atoms. The van der Waals surface area contributed by atoms with Gasteiger partial charge in [-0.25, -0.2) is 4.79 Å². The summed E-state index contributed by atoms with van der Waals surface area (Å²) in [6.45, 7) is 0.0913. The molecule has 1 unspecified atom stereocenters. The Morgan fingerprint density at radius 2 is 2.14 bits per heavy atom. The second-order valence-electron chi connectivity index (χ2n) is 6.39. The Morgan fingerprint density at radius 1 is 1.34 bits per heavy atom. The average molecular weight is 431 g/mol. The number of ether oxygens (including phenoxy) is 2. The second kappa shape index (κ2) is 8.36. The van der Waals surface area contributed by atoms with E-state index >= 15 is 0 Å². The molecular weight excluding hydrogens is 412 g/mol. The number of methoxy groups -OCH3 is 1. The van der Waals surface area contributed by atoms with Crippen molar-refractivity contribution in [2.75, 3.05) is 12.9 Å². The maximum atomic E-state index is 12.9. The quantitative estimate of drug-likeness (QED) is 0.546. The molecule has 150 valence electrons. The first-order valence-electron chi connectivity index (χ1n) is 8.77. The van der Waals surface area contributed by atoms with Gasteiger partial charge in [-0.05, 0) is 40.9 Å². The van der Waals surface area contributed by atoms with Crippen LogP contribution in [0.2, 0.25) is 0 Å². The number of nitrogens with zero attached hydrogens (tertiary/aromatic N) is 3. The van der Waals surface area contributed by atoms with E-state index in [1.165, 1.54) is 28.2 Å². The van der Waals surface area contributed by atoms with Crippen LogP contribution in [0.1, 0.15) is 10.4 Å². The number of esters is 1. The average Bonchev–Trinajstić information content (AvgIpc) is 3.28. The third-order valence-electron chi connectivity index (χ3n) is 4.59. The number of hydrogen-bond acceptors (Lipinski definition) is 9. The van der Waals surface area contributed by atoms with Crippen LogP contribution in [0.3, 0.4) is 0 Å². The van der Waals surface area contributed by atoms with Crippen molar-refractivity contribution in [3.63, 3.8) is 0 Å². The van der Waals surface area contributed by atoms with Gasteiger partial charge in [0.2, 0.25) is 5.91 Å². The molecule has 2 N–H and O–H groups in total. The number of thioether (sulfide) groups is 1. The van der Waals surface area contributed by atoms with Crippen LogP contribution in [0, 0.1) is 0 Å². The Balaban J connectivity index is 1.56. The summed E-state index contributed by atoms with van der Waals surface area (Å²) in [7, 11) is 1.59. The highest BCUT2D eigenvalue weighted by atomic mass is 32.2. The smallest absolute Gasteiger partial charge is 0.355 e. The van der Waals surface area contributed by atoms with Crippen LogP contribution in [0.5, 0.6) is 5.75 Å². The van der Waals surface area contributed by atoms with Gasteiger partial charge in [0.05, 0.1) is 18.2 Å². The van der Waals surface area contributed by atoms with Crippen molar-refractivity contribution in [3.05, 3.63) is 58.2 Å². The number of hydrogen-bond donors (Lipinski definition) is 1. The molecule has 3 heterocycles. The van der Waals surface area contributed by atoms with E-state index in [0.29, 0.717) is 11.3 Å². The fraction of sp³-hybridized carbons (Fsp3) is 0.263. The predicted octanol–water partition coefficient (Wildman–Crippen LogP) is 1.80. The minimum absolute atomic E-state index is 0.0913. The molecule has 2 aromatic rings. The Hall–Kier alpha value is -2.69. The van der Waals surface area contributed by atoms with Gasteiger partial charge in [0.1, 0.15) is 29.5 Å². The van der Waals surface area contributed by atoms with E-state index in [2.05, 4.69) is 9.59 Å². The lowest BCUT2D eigenvalue weighted by molar-refractivity contribution is -0.151. The molecule has 1 saturated heterocycles. The van der Waals surface area contributed by atoms with Crippen molar-refractivity contribution >= 4 is 41.2 Å². The molecule has 8 nitrogen and oxygen atoms in total. The summed E-state index contributed by atoms with van der Waals surface area (Å²) in [5.41, 5.74) is 7.68. The Bertz CT molecular complexity index is 973. The first-order valence-corrected chi connectivity index (χ1v) is 10.6. The van der Waals surface area contributed by atoms with Crippen LogP contribution < -0.4 is 10.5 Å². The maximum Gasteiger partial charge on any atom is 0.355 e. The van der Waals surface area contributed by atoms with E-state index < -0.39 is 12.0 Å². The summed E-state index contributed by atoms with van der Waals surface area (Å²) in [5, 5.41) is 3.55. The SMILES string of the molecule is COc1ccc(COC(=O)C2=C(/C=C\c3cnns3)CS[C@@H]3C(N)C(=O)N23)cc1. The maximum absolute atomic E-state index is 12.9. The molecule has 0 aliphatic carbocycles. The van der Waals surface area contributed by atoms with Crippen LogP contribution in [0.4, 0.5) is 0 Å². The van der Waals surface area contributed by atoms with Gasteiger partial charge in [-0.2, -0.15) is 0 Å². The van der Waals surface area contributed by atoms with E-state index in [0.717, 1.165) is 16.2 Å². The minimum atomic E-state index is -0.597. The molecule has 1 aromatic carbocycles. The van der Waals surface area contributed by atoms with Crippen LogP contribution in [-0.4, -0.2) is 50.6 Å². The van der Waals surface area contributed by atoms with Gasteiger partial charge in [0.25, 0.3) is 0 Å². The summed E-state index contributed by atoms with van der Waals surface area (Å²) < 4.78 is 14.4. The minimum Gasteiger partial charge on any atom is -0.497 e. The zero-order valence-electron chi connectivity index (χ0n) is 15.5. The molecule has 0 bridgehead atoms. The van der Waals surface area contributed by atoms with Crippen LogP contribution in [-0.2, 0) is 20.9 Å². The van der Waals surface area contributed by atoms with Crippen LogP contribution >= 0.6 is 23.3 Å². The predicted molar refractivity (Wildman–Crippen MR) is 110 cm³/mol. The summed E-state index contributed by atoms with van der Waals surface area (Å²) in [4.78, 5) is 27.5. The van der Waals surface area contributed by atoms with Crippen molar-refractivity contribution in [1.29, 1.82) is 0 Å². The molecule has 0 saturated carbocycles. The van der Waals surface area contributed by atoms with Crippen molar-refractivity contribution in [1.82, 2.24) is 14.5 Å². The zero-order chi connectivity index (χ0) is 20.4. The van der Waals surface area contributed by atoms with E-state index in [-0.39, 0.29) is 23.6 Å². The number of nitrogens with two attached hydrogens (primary N) is 1. The molecule has 1 aromatic heterocycles. The largest absolute Gasteiger partial charge is 0.497 e. The molecule has 2 atom stereocenters. The Morgan fingerprint density at radius 3 is 2.83 bits per heavy atom. The number of allylic oxidation sites excluding steroid dienone is 1. The molecule has 0 radical (unpaired) electrons. The van der Waals surface area contributed by atoms with Crippen molar-refractivity contribution in [3.8, 4) is 5.75 Å². The first kappa shape index (κ1) is 19.6. The van der Waals surface area contributed by atoms with Crippen molar-refractivity contribution < 1.29 is 19.1 Å². The van der Waals surface area contributed by atoms with Crippen LogP contribution in [0.25, 0.3) is 6.08 Å². The lowest BCUT2D eigenvalue weighted by atomic mass is 10.0. The van der Waals surface area contributed by atoms with Crippen molar-refractivity contribution in [2.24, 2.45) is 5.73 Å². The van der Waals surface area contributed by atoms with E-state index in [1.54, 1.807) is 31.5 Å². The van der Waals surface area contributed by atoms with Gasteiger partial charge in [0.15, 0.2) is 0 Å². The number of benzene rings is 1. The molecule has 4 rings (SSSR count). The monoisotopic (exact) mass is 430 g/mol. The first-order chi connectivity index (χ1) is 14.1. The van der Waals surface area contributed by atoms with Gasteiger partial charge in [-0.15, -0.1) is 16.9 Å². The molecular formula is C19H18N4O4S2. The fourth-order valence-corrected chi connectivity index (χ4v) is 4.70. The molecule has 10 heteroatoms. The number of aromatic nitrogens is 2. The zero-order valence-corrected chi connectivity index (χ0v) is 17.1. The highest BCUT2D eigenvalue weighted by molar-refractivity contribution is 8.00. The Kier molecular flexibility index (Phi) is 5.65. The summed E-state index contributed by atoms with van der Waals surface area (Å²) in [6, 6.07) is 6.64. The third kappa shape index (κ3) is 3.91. The van der Waals surface area contributed by atoms with Crippen LogP contribution in [0.15, 0.2) is 47.8 Å². The van der Waals surface area contributed by atoms with Gasteiger partial charge in [0, 0.05) is 5.75 Å². The van der Waals surface area contributed by atoms with Gasteiger partial charge < -0.3 is 15.2 Å². The molecule has 1 fully saturated rings. The molecule has 1 amide bonds. The van der Waals surface area contributed by atoms with E-state index in [9.17, 15) is 9.59 Å². The lowest BCUT2D eigenvalue weighted by Crippen LogP contribution is -2.68. The molecule has 29 heavy (non-hydrogen) atoms. The fourth-order valence-electron chi connectivity index (χ4n) is 3.03. The van der Waals surface area contributed by atoms with E-state index in [4.69, 9.17) is 15.2 Å². The molecule has 2 aliphatic rings. The number of fused-ring (bicyclic) bond motifs is 1. The second-order valence-corrected chi connectivity index (χ2v) is 8.31. The summed E-state index contributed by atoms with van der Waals surface area (Å²) in [5.74, 6) is 0.454. The number of amides is 1. The standard InChI is InChI=1S/C19H18N4O4S2/c1-26-13-5-2-11(3-6-13)9-27-19(25)16-12(4-7-14-8-21-22-29-14)10-28-18-15(20)17(24)23(16)18/h2-8,15,18H,9-10,20H2,1H3/b7-4-/t15?,18-/m1/s1. The normalized spacial score (nSPS) is 21.2. The number of rotatable bonds is 6. The summed E-state index contributed by atoms with van der Waals surface area (Å²) in [6.07, 6.45) is 5.26. The van der Waals surface area contributed by atoms with Gasteiger partial charge in [-0.3, -0.25) is 9.69 Å². The highest BCUT2D eigenvalue weighted by Gasteiger charge is 2.51. The van der Waals surface area contributed by atoms with Gasteiger partial charge in [-0.1, -0.05) is 22.7 Å². The molecule has 2 aliphatic heterocycles. The van der Waals surface area contributed by atoms with Gasteiger partial charge >= 0.3 is 5.97 Å². The number of β-lactam (4-membered cyclic amide) rings is 1.